The van der Waals surface area contributed by atoms with E-state index in [-0.39, 0.29) is 0 Å². The molecule has 0 aliphatic rings. The van der Waals surface area contributed by atoms with Gasteiger partial charge in [-0.1, -0.05) is 0 Å². The van der Waals surface area contributed by atoms with Crippen molar-refractivity contribution in [1.29, 1.82) is 0 Å². The van der Waals surface area contributed by atoms with Gasteiger partial charge in [-0.15, -0.1) is 11.3 Å². The first-order valence-electron chi connectivity index (χ1n) is 6.21. The van der Waals surface area contributed by atoms with E-state index in [1.54, 1.807) is 0 Å². The van der Waals surface area contributed by atoms with Crippen LogP contribution in [0.5, 0.6) is 5.75 Å². The van der Waals surface area contributed by atoms with Gasteiger partial charge in [0.2, 0.25) is 0 Å². The predicted octanol–water partition coefficient (Wildman–Crippen LogP) is 4.38. The van der Waals surface area contributed by atoms with Crippen LogP contribution < -0.4 is 10.1 Å². The van der Waals surface area contributed by atoms with Gasteiger partial charge in [-0.05, 0) is 56.7 Å². The lowest BCUT2D eigenvalue weighted by molar-refractivity contribution is 0.340. The molecule has 1 heterocycles. The minimum absolute atomic E-state index is 0.708. The van der Waals surface area contributed by atoms with Crippen LogP contribution in [0.15, 0.2) is 30.3 Å². The summed E-state index contributed by atoms with van der Waals surface area (Å²) in [7, 11) is 0. The number of rotatable bonds is 5. The molecule has 1 N–H and O–H groups in total. The van der Waals surface area contributed by atoms with Crippen LogP contribution in [0.1, 0.15) is 22.2 Å². The third-order valence-electron chi connectivity index (χ3n) is 2.79. The maximum absolute atomic E-state index is 5.42. The second kappa shape index (κ2) is 5.91. The van der Waals surface area contributed by atoms with Gasteiger partial charge >= 0.3 is 0 Å². The largest absolute Gasteiger partial charge is 0.494 e. The van der Waals surface area contributed by atoms with Crippen molar-refractivity contribution in [2.45, 2.75) is 27.3 Å². The fourth-order valence-corrected chi connectivity index (χ4v) is 2.84. The first-order valence-corrected chi connectivity index (χ1v) is 7.03. The van der Waals surface area contributed by atoms with E-state index in [1.807, 2.05) is 30.4 Å². The molecule has 1 aromatic heterocycles. The Hall–Kier alpha value is -1.48. The standard InChI is InChI=1S/C15H19NOS/c1-4-17-15-7-5-14(6-8-15)16-10-13-9-11(2)18-12(13)3/h5-9,16H,4,10H2,1-3H3. The summed E-state index contributed by atoms with van der Waals surface area (Å²) in [6.45, 7) is 7.91. The molecule has 0 radical (unpaired) electrons. The minimum atomic E-state index is 0.708. The van der Waals surface area contributed by atoms with Crippen LogP contribution in [0.4, 0.5) is 5.69 Å². The highest BCUT2D eigenvalue weighted by molar-refractivity contribution is 7.12. The van der Waals surface area contributed by atoms with Gasteiger partial charge in [0.25, 0.3) is 0 Å². The highest BCUT2D eigenvalue weighted by Gasteiger charge is 2.02. The van der Waals surface area contributed by atoms with Crippen LogP contribution >= 0.6 is 11.3 Å². The number of aryl methyl sites for hydroxylation is 2. The average Bonchev–Trinajstić information content (AvgIpc) is 2.67. The summed E-state index contributed by atoms with van der Waals surface area (Å²) in [5.74, 6) is 0.922. The Kier molecular flexibility index (Phi) is 4.26. The van der Waals surface area contributed by atoms with Gasteiger partial charge in [0, 0.05) is 22.0 Å². The van der Waals surface area contributed by atoms with E-state index in [0.29, 0.717) is 6.61 Å². The fourth-order valence-electron chi connectivity index (χ4n) is 1.89. The number of thiophene rings is 1. The van der Waals surface area contributed by atoms with Crippen molar-refractivity contribution < 1.29 is 4.74 Å². The van der Waals surface area contributed by atoms with Gasteiger partial charge in [-0.3, -0.25) is 0 Å². The topological polar surface area (TPSA) is 21.3 Å². The van der Waals surface area contributed by atoms with Crippen molar-refractivity contribution >= 4 is 17.0 Å². The van der Waals surface area contributed by atoms with E-state index in [4.69, 9.17) is 4.74 Å². The van der Waals surface area contributed by atoms with Gasteiger partial charge in [0.1, 0.15) is 5.75 Å². The maximum atomic E-state index is 5.42. The maximum Gasteiger partial charge on any atom is 0.119 e. The molecule has 0 amide bonds. The molecule has 0 spiro atoms. The van der Waals surface area contributed by atoms with Gasteiger partial charge < -0.3 is 10.1 Å². The summed E-state index contributed by atoms with van der Waals surface area (Å²) in [5.41, 5.74) is 2.51. The normalized spacial score (nSPS) is 10.4. The molecule has 0 saturated carbocycles. The lowest BCUT2D eigenvalue weighted by Gasteiger charge is -2.07. The predicted molar refractivity (Wildman–Crippen MR) is 78.7 cm³/mol. The molecule has 0 aliphatic carbocycles. The molecule has 96 valence electrons. The Morgan fingerprint density at radius 1 is 1.17 bits per heavy atom. The highest BCUT2D eigenvalue weighted by Crippen LogP contribution is 2.22. The summed E-state index contributed by atoms with van der Waals surface area (Å²) < 4.78 is 5.42. The summed E-state index contributed by atoms with van der Waals surface area (Å²) in [4.78, 5) is 2.77. The summed E-state index contributed by atoms with van der Waals surface area (Å²) in [5, 5.41) is 3.44. The second-order valence-corrected chi connectivity index (χ2v) is 5.71. The molecule has 0 bridgehead atoms. The van der Waals surface area contributed by atoms with Gasteiger partial charge in [-0.25, -0.2) is 0 Å². The number of nitrogens with one attached hydrogen (secondary N) is 1. The second-order valence-electron chi connectivity index (χ2n) is 4.25. The lowest BCUT2D eigenvalue weighted by Crippen LogP contribution is -1.99. The summed E-state index contributed by atoms with van der Waals surface area (Å²) in [6.07, 6.45) is 0. The van der Waals surface area contributed by atoms with Crippen molar-refractivity contribution in [2.75, 3.05) is 11.9 Å². The molecule has 2 nitrogen and oxygen atoms in total. The van der Waals surface area contributed by atoms with Crippen molar-refractivity contribution in [3.63, 3.8) is 0 Å². The van der Waals surface area contributed by atoms with Crippen LogP contribution in [0.25, 0.3) is 0 Å². The van der Waals surface area contributed by atoms with Crippen LogP contribution in [-0.2, 0) is 6.54 Å². The van der Waals surface area contributed by atoms with Gasteiger partial charge in [-0.2, -0.15) is 0 Å². The number of hydrogen-bond acceptors (Lipinski definition) is 3. The van der Waals surface area contributed by atoms with Crippen molar-refractivity contribution in [2.24, 2.45) is 0 Å². The Morgan fingerprint density at radius 3 is 2.44 bits per heavy atom. The molecule has 1 aromatic carbocycles. The zero-order valence-corrected chi connectivity index (χ0v) is 11.9. The minimum Gasteiger partial charge on any atom is -0.494 e. The lowest BCUT2D eigenvalue weighted by atomic mass is 10.2. The molecule has 0 aliphatic heterocycles. The zero-order chi connectivity index (χ0) is 13.0. The van der Waals surface area contributed by atoms with Crippen LogP contribution in [0, 0.1) is 13.8 Å². The molecular weight excluding hydrogens is 242 g/mol. The van der Waals surface area contributed by atoms with Gasteiger partial charge in [0.15, 0.2) is 0 Å². The zero-order valence-electron chi connectivity index (χ0n) is 11.1. The fraction of sp³-hybridized carbons (Fsp3) is 0.333. The van der Waals surface area contributed by atoms with E-state index < -0.39 is 0 Å². The highest BCUT2D eigenvalue weighted by atomic mass is 32.1. The molecule has 2 aromatic rings. The molecule has 0 unspecified atom stereocenters. The van der Waals surface area contributed by atoms with Crippen LogP contribution in [-0.4, -0.2) is 6.61 Å². The van der Waals surface area contributed by atoms with Gasteiger partial charge in [0.05, 0.1) is 6.61 Å². The third kappa shape index (κ3) is 3.26. The van der Waals surface area contributed by atoms with E-state index in [0.717, 1.165) is 18.0 Å². The van der Waals surface area contributed by atoms with E-state index >= 15 is 0 Å². The quantitative estimate of drug-likeness (QED) is 0.862. The Morgan fingerprint density at radius 2 is 1.89 bits per heavy atom. The SMILES string of the molecule is CCOc1ccc(NCc2cc(C)sc2C)cc1. The smallest absolute Gasteiger partial charge is 0.119 e. The monoisotopic (exact) mass is 261 g/mol. The Bertz CT molecular complexity index is 502. The molecule has 2 rings (SSSR count). The van der Waals surface area contributed by atoms with Crippen molar-refractivity contribution in [3.05, 3.63) is 45.6 Å². The third-order valence-corrected chi connectivity index (χ3v) is 3.80. The average molecular weight is 261 g/mol. The summed E-state index contributed by atoms with van der Waals surface area (Å²) >= 11 is 1.85. The Balaban J connectivity index is 1.95. The molecule has 3 heteroatoms. The number of anilines is 1. The molecule has 0 fully saturated rings. The van der Waals surface area contributed by atoms with Crippen molar-refractivity contribution in [3.8, 4) is 5.75 Å². The molecule has 18 heavy (non-hydrogen) atoms. The number of hydrogen-bond donors (Lipinski definition) is 1. The Labute approximate surface area is 113 Å². The van der Waals surface area contributed by atoms with Crippen LogP contribution in [0.3, 0.4) is 0 Å². The number of benzene rings is 1. The number of ether oxygens (including phenoxy) is 1. The summed E-state index contributed by atoms with van der Waals surface area (Å²) in [6, 6.07) is 10.4. The van der Waals surface area contributed by atoms with E-state index in [2.05, 4.69) is 37.4 Å². The van der Waals surface area contributed by atoms with Crippen molar-refractivity contribution in [1.82, 2.24) is 0 Å². The van der Waals surface area contributed by atoms with Crippen LogP contribution in [0.2, 0.25) is 0 Å². The molecule has 0 atom stereocenters. The molecular formula is C15H19NOS. The van der Waals surface area contributed by atoms with E-state index in [1.165, 1.54) is 15.3 Å². The first-order chi connectivity index (χ1) is 8.69. The molecule has 0 saturated heterocycles. The van der Waals surface area contributed by atoms with E-state index in [9.17, 15) is 0 Å². The first kappa shape index (κ1) is 13.0.